The van der Waals surface area contributed by atoms with E-state index in [-0.39, 0.29) is 0 Å². The SMILES string of the molecule is Fc1ccc(-c2ccc3c(n2)[nH]c2ccncc23)c(=S)[nH]1. The van der Waals surface area contributed by atoms with Crippen LogP contribution in [-0.4, -0.2) is 19.9 Å². The lowest BCUT2D eigenvalue weighted by Gasteiger charge is -2.01. The Morgan fingerprint density at radius 2 is 1.90 bits per heavy atom. The highest BCUT2D eigenvalue weighted by molar-refractivity contribution is 7.71. The topological polar surface area (TPSA) is 57.4 Å². The number of hydrogen-bond acceptors (Lipinski definition) is 3. The van der Waals surface area contributed by atoms with Crippen LogP contribution in [0.3, 0.4) is 0 Å². The number of nitrogens with one attached hydrogen (secondary N) is 2. The van der Waals surface area contributed by atoms with Gasteiger partial charge in [-0.1, -0.05) is 12.2 Å². The minimum atomic E-state index is -0.457. The molecule has 0 saturated heterocycles. The zero-order valence-electron chi connectivity index (χ0n) is 10.7. The second kappa shape index (κ2) is 4.46. The Morgan fingerprint density at radius 3 is 2.76 bits per heavy atom. The van der Waals surface area contributed by atoms with Crippen LogP contribution in [0.5, 0.6) is 0 Å². The summed E-state index contributed by atoms with van der Waals surface area (Å²) in [5.74, 6) is -0.457. The fraction of sp³-hybridized carbons (Fsp3) is 0. The molecule has 4 nitrogen and oxygen atoms in total. The van der Waals surface area contributed by atoms with Crippen molar-refractivity contribution in [3.05, 3.63) is 53.3 Å². The molecule has 0 amide bonds. The molecule has 0 saturated carbocycles. The van der Waals surface area contributed by atoms with Crippen molar-refractivity contribution < 1.29 is 4.39 Å². The van der Waals surface area contributed by atoms with E-state index in [4.69, 9.17) is 12.2 Å². The van der Waals surface area contributed by atoms with Crippen LogP contribution < -0.4 is 0 Å². The lowest BCUT2D eigenvalue weighted by molar-refractivity contribution is 0.582. The Hall–Kier alpha value is -2.60. The molecule has 4 heterocycles. The molecule has 0 spiro atoms. The van der Waals surface area contributed by atoms with E-state index in [1.165, 1.54) is 6.07 Å². The van der Waals surface area contributed by atoms with E-state index in [1.54, 1.807) is 18.5 Å². The van der Waals surface area contributed by atoms with Crippen LogP contribution in [0, 0.1) is 10.6 Å². The van der Waals surface area contributed by atoms with Crippen molar-refractivity contribution in [2.45, 2.75) is 0 Å². The minimum Gasteiger partial charge on any atom is -0.339 e. The van der Waals surface area contributed by atoms with Crippen molar-refractivity contribution in [3.8, 4) is 11.3 Å². The van der Waals surface area contributed by atoms with E-state index in [1.807, 2.05) is 18.2 Å². The van der Waals surface area contributed by atoms with Gasteiger partial charge in [0.2, 0.25) is 0 Å². The number of halogens is 1. The van der Waals surface area contributed by atoms with Gasteiger partial charge in [-0.15, -0.1) is 0 Å². The fourth-order valence-corrected chi connectivity index (χ4v) is 2.69. The summed E-state index contributed by atoms with van der Waals surface area (Å²) in [5.41, 5.74) is 3.14. The van der Waals surface area contributed by atoms with Crippen LogP contribution in [0.2, 0.25) is 0 Å². The molecule has 0 radical (unpaired) electrons. The number of rotatable bonds is 1. The van der Waals surface area contributed by atoms with Gasteiger partial charge in [-0.05, 0) is 30.3 Å². The monoisotopic (exact) mass is 296 g/mol. The first-order valence-corrected chi connectivity index (χ1v) is 6.75. The summed E-state index contributed by atoms with van der Waals surface area (Å²) < 4.78 is 13.4. The third kappa shape index (κ3) is 1.92. The molecule has 0 aromatic carbocycles. The van der Waals surface area contributed by atoms with E-state index < -0.39 is 5.95 Å². The van der Waals surface area contributed by atoms with Gasteiger partial charge in [0.15, 0.2) is 5.95 Å². The zero-order valence-corrected chi connectivity index (χ0v) is 11.5. The van der Waals surface area contributed by atoms with Gasteiger partial charge in [0.1, 0.15) is 10.3 Å². The van der Waals surface area contributed by atoms with Crippen LogP contribution in [0.1, 0.15) is 0 Å². The van der Waals surface area contributed by atoms with Crippen LogP contribution in [0.4, 0.5) is 4.39 Å². The fourth-order valence-electron chi connectivity index (χ4n) is 2.42. The Labute approximate surface area is 123 Å². The Morgan fingerprint density at radius 1 is 1.00 bits per heavy atom. The van der Waals surface area contributed by atoms with Crippen LogP contribution in [0.25, 0.3) is 33.2 Å². The summed E-state index contributed by atoms with van der Waals surface area (Å²) in [6, 6.07) is 8.72. The predicted molar refractivity (Wildman–Crippen MR) is 82.0 cm³/mol. The third-order valence-corrected chi connectivity index (χ3v) is 3.73. The first-order valence-electron chi connectivity index (χ1n) is 6.34. The van der Waals surface area contributed by atoms with E-state index in [0.717, 1.165) is 21.9 Å². The van der Waals surface area contributed by atoms with Gasteiger partial charge in [0.05, 0.1) is 11.2 Å². The molecule has 0 fully saturated rings. The summed E-state index contributed by atoms with van der Waals surface area (Å²) in [4.78, 5) is 14.5. The quantitative estimate of drug-likeness (QED) is 0.413. The smallest absolute Gasteiger partial charge is 0.192 e. The maximum Gasteiger partial charge on any atom is 0.192 e. The Bertz CT molecular complexity index is 1030. The normalized spacial score (nSPS) is 11.3. The summed E-state index contributed by atoms with van der Waals surface area (Å²) in [5, 5.41) is 2.02. The minimum absolute atomic E-state index is 0.333. The van der Waals surface area contributed by atoms with E-state index in [0.29, 0.717) is 15.9 Å². The van der Waals surface area contributed by atoms with Crippen molar-refractivity contribution in [1.29, 1.82) is 0 Å². The van der Waals surface area contributed by atoms with Gasteiger partial charge in [-0.2, -0.15) is 4.39 Å². The highest BCUT2D eigenvalue weighted by atomic mass is 32.1. The van der Waals surface area contributed by atoms with E-state index in [2.05, 4.69) is 19.9 Å². The molecule has 0 aliphatic carbocycles. The molecule has 102 valence electrons. The lowest BCUT2D eigenvalue weighted by atomic mass is 10.1. The van der Waals surface area contributed by atoms with Crippen molar-refractivity contribution in [3.63, 3.8) is 0 Å². The molecule has 4 rings (SSSR count). The van der Waals surface area contributed by atoms with E-state index in [9.17, 15) is 4.39 Å². The van der Waals surface area contributed by atoms with Gasteiger partial charge in [-0.25, -0.2) is 4.98 Å². The number of H-pyrrole nitrogens is 2. The number of pyridine rings is 3. The number of nitrogens with zero attached hydrogens (tertiary/aromatic N) is 2. The largest absolute Gasteiger partial charge is 0.339 e. The predicted octanol–water partition coefficient (Wildman–Crippen LogP) is 3.97. The molecule has 0 unspecified atom stereocenters. The number of aromatic nitrogens is 4. The van der Waals surface area contributed by atoms with Crippen LogP contribution in [0.15, 0.2) is 42.7 Å². The molecule has 4 aromatic heterocycles. The van der Waals surface area contributed by atoms with Gasteiger partial charge >= 0.3 is 0 Å². The standard InChI is InChI=1S/C15H9FN4S/c16-13-4-2-9(15(21)20-13)11-3-1-8-10-7-17-6-5-12(10)19-14(8)18-11/h1-7H,(H,18,19)(H,20,21). The Balaban J connectivity index is 1.98. The highest BCUT2D eigenvalue weighted by Crippen LogP contribution is 2.26. The average Bonchev–Trinajstić information content (AvgIpc) is 2.84. The van der Waals surface area contributed by atoms with E-state index >= 15 is 0 Å². The summed E-state index contributed by atoms with van der Waals surface area (Å²) in [7, 11) is 0. The molecule has 4 aromatic rings. The van der Waals surface area contributed by atoms with Crippen molar-refractivity contribution in [2.24, 2.45) is 0 Å². The maximum atomic E-state index is 13.1. The first kappa shape index (κ1) is 12.2. The summed E-state index contributed by atoms with van der Waals surface area (Å²) >= 11 is 5.15. The molecule has 0 bridgehead atoms. The molecule has 6 heteroatoms. The van der Waals surface area contributed by atoms with Crippen LogP contribution in [-0.2, 0) is 0 Å². The second-order valence-electron chi connectivity index (χ2n) is 4.69. The van der Waals surface area contributed by atoms with Gasteiger partial charge in [-0.3, -0.25) is 4.98 Å². The Kier molecular flexibility index (Phi) is 2.58. The molecular weight excluding hydrogens is 287 g/mol. The van der Waals surface area contributed by atoms with Gasteiger partial charge in [0.25, 0.3) is 0 Å². The van der Waals surface area contributed by atoms with Crippen molar-refractivity contribution in [1.82, 2.24) is 19.9 Å². The second-order valence-corrected chi connectivity index (χ2v) is 5.10. The van der Waals surface area contributed by atoms with Gasteiger partial charge in [0, 0.05) is 28.7 Å². The number of aromatic amines is 2. The molecular formula is C15H9FN4S. The highest BCUT2D eigenvalue weighted by Gasteiger charge is 2.08. The third-order valence-electron chi connectivity index (χ3n) is 3.41. The van der Waals surface area contributed by atoms with Crippen LogP contribution >= 0.6 is 12.2 Å². The lowest BCUT2D eigenvalue weighted by Crippen LogP contribution is -1.89. The first-order chi connectivity index (χ1) is 10.2. The van der Waals surface area contributed by atoms with Crippen molar-refractivity contribution in [2.75, 3.05) is 0 Å². The molecule has 0 aliphatic rings. The van der Waals surface area contributed by atoms with Gasteiger partial charge < -0.3 is 9.97 Å². The molecule has 2 N–H and O–H groups in total. The summed E-state index contributed by atoms with van der Waals surface area (Å²) in [6.07, 6.45) is 3.54. The number of hydrogen-bond donors (Lipinski definition) is 2. The summed E-state index contributed by atoms with van der Waals surface area (Å²) in [6.45, 7) is 0. The average molecular weight is 296 g/mol. The zero-order chi connectivity index (χ0) is 14.4. The molecule has 0 aliphatic heterocycles. The number of fused-ring (bicyclic) bond motifs is 3. The van der Waals surface area contributed by atoms with Crippen molar-refractivity contribution >= 4 is 34.2 Å². The maximum absolute atomic E-state index is 13.1. The molecule has 21 heavy (non-hydrogen) atoms. The molecule has 0 atom stereocenters.